The first-order valence-electron chi connectivity index (χ1n) is 5.64. The Kier molecular flexibility index (Phi) is 3.17. The van der Waals surface area contributed by atoms with Gasteiger partial charge < -0.3 is 10.6 Å². The highest BCUT2D eigenvalue weighted by Crippen LogP contribution is 2.34. The zero-order valence-electron chi connectivity index (χ0n) is 9.37. The number of anilines is 2. The molecular formula is C12H15F3N2. The molecule has 0 spiro atoms. The van der Waals surface area contributed by atoms with Crippen LogP contribution in [-0.2, 0) is 0 Å². The van der Waals surface area contributed by atoms with E-state index in [2.05, 4.69) is 0 Å². The van der Waals surface area contributed by atoms with E-state index in [0.29, 0.717) is 18.7 Å². The molecule has 1 saturated heterocycles. The average Bonchev–Trinajstić information content (AvgIpc) is 2.29. The Hall–Kier alpha value is -1.39. The third kappa shape index (κ3) is 2.84. The van der Waals surface area contributed by atoms with Crippen LogP contribution in [0.5, 0.6) is 0 Å². The molecule has 94 valence electrons. The van der Waals surface area contributed by atoms with Gasteiger partial charge >= 0.3 is 6.18 Å². The monoisotopic (exact) mass is 244 g/mol. The molecule has 0 radical (unpaired) electrons. The maximum atomic E-state index is 12.6. The van der Waals surface area contributed by atoms with Crippen LogP contribution in [0.15, 0.2) is 24.3 Å². The number of nitrogens with zero attached hydrogens (tertiary/aromatic N) is 1. The summed E-state index contributed by atoms with van der Waals surface area (Å²) in [5.74, 6) is -1.21. The van der Waals surface area contributed by atoms with Crippen molar-refractivity contribution in [1.82, 2.24) is 0 Å². The standard InChI is InChI=1S/C12H15F3N2/c13-12(14,15)9-2-1-7-17(8-9)11-5-3-10(16)4-6-11/h3-6,9H,1-2,7-8,16H2/t9-/m0/s1. The molecule has 1 atom stereocenters. The molecule has 2 nitrogen and oxygen atoms in total. The molecule has 17 heavy (non-hydrogen) atoms. The van der Waals surface area contributed by atoms with Crippen molar-refractivity contribution in [3.05, 3.63) is 24.3 Å². The fourth-order valence-electron chi connectivity index (χ4n) is 2.16. The van der Waals surface area contributed by atoms with E-state index in [1.54, 1.807) is 29.2 Å². The van der Waals surface area contributed by atoms with Gasteiger partial charge in [-0.1, -0.05) is 0 Å². The third-order valence-corrected chi connectivity index (χ3v) is 3.14. The largest absolute Gasteiger partial charge is 0.399 e. The van der Waals surface area contributed by atoms with E-state index in [4.69, 9.17) is 5.73 Å². The summed E-state index contributed by atoms with van der Waals surface area (Å²) < 4.78 is 37.9. The molecule has 0 aromatic heterocycles. The summed E-state index contributed by atoms with van der Waals surface area (Å²) in [5, 5.41) is 0. The number of hydrogen-bond acceptors (Lipinski definition) is 2. The molecule has 1 aromatic rings. The zero-order chi connectivity index (χ0) is 12.5. The molecule has 5 heteroatoms. The molecule has 1 heterocycles. The van der Waals surface area contributed by atoms with Crippen LogP contribution in [-0.4, -0.2) is 19.3 Å². The van der Waals surface area contributed by atoms with E-state index in [9.17, 15) is 13.2 Å². The van der Waals surface area contributed by atoms with Crippen LogP contribution in [0.1, 0.15) is 12.8 Å². The fraction of sp³-hybridized carbons (Fsp3) is 0.500. The lowest BCUT2D eigenvalue weighted by atomic mass is 9.97. The van der Waals surface area contributed by atoms with Crippen molar-refractivity contribution < 1.29 is 13.2 Å². The summed E-state index contributed by atoms with van der Waals surface area (Å²) >= 11 is 0. The predicted molar refractivity (Wildman–Crippen MR) is 61.8 cm³/mol. The van der Waals surface area contributed by atoms with E-state index in [1.807, 2.05) is 0 Å². The quantitative estimate of drug-likeness (QED) is 0.769. The molecular weight excluding hydrogens is 229 g/mol. The van der Waals surface area contributed by atoms with Gasteiger partial charge in [-0.15, -0.1) is 0 Å². The maximum absolute atomic E-state index is 12.6. The second-order valence-corrected chi connectivity index (χ2v) is 4.42. The Labute approximate surface area is 98.2 Å². The van der Waals surface area contributed by atoms with Crippen molar-refractivity contribution in [1.29, 1.82) is 0 Å². The molecule has 0 aliphatic carbocycles. The number of halogens is 3. The van der Waals surface area contributed by atoms with Crippen molar-refractivity contribution in [2.75, 3.05) is 23.7 Å². The second-order valence-electron chi connectivity index (χ2n) is 4.42. The minimum absolute atomic E-state index is 0.0490. The van der Waals surface area contributed by atoms with Gasteiger partial charge in [0.2, 0.25) is 0 Å². The van der Waals surface area contributed by atoms with Crippen molar-refractivity contribution in [2.45, 2.75) is 19.0 Å². The van der Waals surface area contributed by atoms with E-state index in [0.717, 1.165) is 5.69 Å². The van der Waals surface area contributed by atoms with Gasteiger partial charge in [-0.05, 0) is 37.1 Å². The summed E-state index contributed by atoms with van der Waals surface area (Å²) in [4.78, 5) is 1.78. The maximum Gasteiger partial charge on any atom is 0.393 e. The zero-order valence-corrected chi connectivity index (χ0v) is 9.37. The van der Waals surface area contributed by atoms with Gasteiger partial charge in [-0.2, -0.15) is 13.2 Å². The molecule has 0 bridgehead atoms. The second kappa shape index (κ2) is 4.47. The molecule has 2 rings (SSSR count). The number of rotatable bonds is 1. The van der Waals surface area contributed by atoms with Crippen LogP contribution in [0.25, 0.3) is 0 Å². The van der Waals surface area contributed by atoms with Crippen molar-refractivity contribution in [3.8, 4) is 0 Å². The summed E-state index contributed by atoms with van der Waals surface area (Å²) in [7, 11) is 0. The van der Waals surface area contributed by atoms with Crippen molar-refractivity contribution >= 4 is 11.4 Å². The summed E-state index contributed by atoms with van der Waals surface area (Å²) in [5.41, 5.74) is 6.99. The Morgan fingerprint density at radius 2 is 1.82 bits per heavy atom. The minimum Gasteiger partial charge on any atom is -0.399 e. The van der Waals surface area contributed by atoms with Gasteiger partial charge in [-0.3, -0.25) is 0 Å². The number of nitrogens with two attached hydrogens (primary N) is 1. The molecule has 0 unspecified atom stereocenters. The van der Waals surface area contributed by atoms with Crippen LogP contribution in [0.2, 0.25) is 0 Å². The Bertz CT molecular complexity index is 372. The van der Waals surface area contributed by atoms with Crippen molar-refractivity contribution in [2.24, 2.45) is 5.92 Å². The van der Waals surface area contributed by atoms with Crippen LogP contribution in [0.3, 0.4) is 0 Å². The normalized spacial score (nSPS) is 21.6. The van der Waals surface area contributed by atoms with Gasteiger partial charge in [0.1, 0.15) is 0 Å². The number of nitrogen functional groups attached to an aromatic ring is 1. The molecule has 2 N–H and O–H groups in total. The SMILES string of the molecule is Nc1ccc(N2CCC[C@H](C(F)(F)F)C2)cc1. The minimum atomic E-state index is -4.09. The lowest BCUT2D eigenvalue weighted by molar-refractivity contribution is -0.175. The highest BCUT2D eigenvalue weighted by Gasteiger charge is 2.41. The number of alkyl halides is 3. The fourth-order valence-corrected chi connectivity index (χ4v) is 2.16. The summed E-state index contributed by atoms with van der Waals surface area (Å²) in [6, 6.07) is 6.97. The van der Waals surface area contributed by atoms with E-state index in [1.165, 1.54) is 0 Å². The van der Waals surface area contributed by atoms with Crippen LogP contribution in [0, 0.1) is 5.92 Å². The van der Waals surface area contributed by atoms with E-state index < -0.39 is 12.1 Å². The number of hydrogen-bond donors (Lipinski definition) is 1. The van der Waals surface area contributed by atoms with Gasteiger partial charge in [0.05, 0.1) is 5.92 Å². The summed E-state index contributed by atoms with van der Waals surface area (Å²) in [6.45, 7) is 0.726. The predicted octanol–water partition coefficient (Wildman–Crippen LogP) is 3.05. The van der Waals surface area contributed by atoms with Crippen LogP contribution >= 0.6 is 0 Å². The van der Waals surface area contributed by atoms with E-state index in [-0.39, 0.29) is 13.0 Å². The lowest BCUT2D eigenvalue weighted by Gasteiger charge is -2.35. The van der Waals surface area contributed by atoms with E-state index >= 15 is 0 Å². The molecule has 1 aliphatic heterocycles. The number of piperidine rings is 1. The highest BCUT2D eigenvalue weighted by molar-refractivity contribution is 5.53. The Morgan fingerprint density at radius 3 is 2.41 bits per heavy atom. The van der Waals surface area contributed by atoms with Crippen LogP contribution in [0.4, 0.5) is 24.5 Å². The third-order valence-electron chi connectivity index (χ3n) is 3.14. The molecule has 1 fully saturated rings. The average molecular weight is 244 g/mol. The highest BCUT2D eigenvalue weighted by atomic mass is 19.4. The van der Waals surface area contributed by atoms with Gasteiger partial charge in [0, 0.05) is 24.5 Å². The van der Waals surface area contributed by atoms with Gasteiger partial charge in [-0.25, -0.2) is 0 Å². The Morgan fingerprint density at radius 1 is 1.18 bits per heavy atom. The first-order valence-corrected chi connectivity index (χ1v) is 5.64. The molecule has 1 aromatic carbocycles. The van der Waals surface area contributed by atoms with Crippen molar-refractivity contribution in [3.63, 3.8) is 0 Å². The first-order chi connectivity index (χ1) is 7.97. The molecule has 1 aliphatic rings. The number of benzene rings is 1. The van der Waals surface area contributed by atoms with Gasteiger partial charge in [0.25, 0.3) is 0 Å². The first kappa shape index (κ1) is 12.1. The molecule has 0 saturated carbocycles. The van der Waals surface area contributed by atoms with Crippen LogP contribution < -0.4 is 10.6 Å². The van der Waals surface area contributed by atoms with Gasteiger partial charge in [0.15, 0.2) is 0 Å². The topological polar surface area (TPSA) is 29.3 Å². The Balaban J connectivity index is 2.09. The lowest BCUT2D eigenvalue weighted by Crippen LogP contribution is -2.41. The summed E-state index contributed by atoms with van der Waals surface area (Å²) in [6.07, 6.45) is -3.28. The molecule has 0 amide bonds. The smallest absolute Gasteiger partial charge is 0.393 e.